The number of nitrogens with two attached hydrogens (primary N) is 1. The van der Waals surface area contributed by atoms with E-state index >= 15 is 0 Å². The van der Waals surface area contributed by atoms with Crippen molar-refractivity contribution in [3.05, 3.63) is 0 Å². The van der Waals surface area contributed by atoms with Crippen LogP contribution in [0.15, 0.2) is 5.10 Å². The summed E-state index contributed by atoms with van der Waals surface area (Å²) < 4.78 is 0. The number of carbonyl (C=O) groups excluding carboxylic acids is 1. The van der Waals surface area contributed by atoms with Crippen molar-refractivity contribution in [3.8, 4) is 0 Å². The number of amides is 2. The molecule has 78 valence electrons. The molecule has 0 spiro atoms. The largest absolute Gasteiger partial charge is 0.481 e. The Bertz CT molecular complexity index is 285. The van der Waals surface area contributed by atoms with Crippen LogP contribution in [0.25, 0.3) is 0 Å². The number of rotatable bonds is 5. The summed E-state index contributed by atoms with van der Waals surface area (Å²) in [4.78, 5) is 30.7. The van der Waals surface area contributed by atoms with E-state index in [0.29, 0.717) is 0 Å². The van der Waals surface area contributed by atoms with Gasteiger partial charge in [0, 0.05) is 6.42 Å². The summed E-state index contributed by atoms with van der Waals surface area (Å²) in [5, 5.41) is 19.9. The Morgan fingerprint density at radius 1 is 1.21 bits per heavy atom. The average Bonchev–Trinajstić information content (AvgIpc) is 2.02. The molecule has 5 N–H and O–H groups in total. The van der Waals surface area contributed by atoms with Crippen molar-refractivity contribution in [1.29, 1.82) is 0 Å². The maximum absolute atomic E-state index is 10.4. The summed E-state index contributed by atoms with van der Waals surface area (Å²) in [6.45, 7) is 0. The third kappa shape index (κ3) is 5.52. The fraction of sp³-hybridized carbons (Fsp3) is 0.333. The first-order valence-electron chi connectivity index (χ1n) is 3.50. The van der Waals surface area contributed by atoms with Gasteiger partial charge in [-0.15, -0.1) is 0 Å². The van der Waals surface area contributed by atoms with Gasteiger partial charge in [-0.25, -0.2) is 15.0 Å². The molecule has 14 heavy (non-hydrogen) atoms. The van der Waals surface area contributed by atoms with E-state index in [-0.39, 0.29) is 12.8 Å². The van der Waals surface area contributed by atoms with E-state index in [9.17, 15) is 14.4 Å². The van der Waals surface area contributed by atoms with Crippen LogP contribution in [0.1, 0.15) is 12.8 Å². The molecular weight excluding hydrogens is 194 g/mol. The first kappa shape index (κ1) is 11.9. The second-order valence-corrected chi connectivity index (χ2v) is 2.23. The molecule has 0 fully saturated rings. The number of aliphatic carboxylic acids is 2. The summed E-state index contributed by atoms with van der Waals surface area (Å²) in [6.07, 6.45) is -0.670. The molecule has 2 amide bonds. The molecule has 0 unspecified atom stereocenters. The molecular formula is C6H9N3O5. The lowest BCUT2D eigenvalue weighted by Gasteiger charge is -1.98. The van der Waals surface area contributed by atoms with Gasteiger partial charge in [-0.05, 0) is 0 Å². The second kappa shape index (κ2) is 5.51. The first-order chi connectivity index (χ1) is 6.43. The molecule has 0 bridgehead atoms. The number of carboxylic acid groups (broad SMARTS) is 2. The highest BCUT2D eigenvalue weighted by Crippen LogP contribution is 1.93. The predicted molar refractivity (Wildman–Crippen MR) is 44.7 cm³/mol. The maximum Gasteiger partial charge on any atom is 0.352 e. The van der Waals surface area contributed by atoms with Crippen LogP contribution in [0.3, 0.4) is 0 Å². The molecule has 0 radical (unpaired) electrons. The van der Waals surface area contributed by atoms with Crippen LogP contribution < -0.4 is 11.2 Å². The lowest BCUT2D eigenvalue weighted by molar-refractivity contribution is -0.136. The van der Waals surface area contributed by atoms with E-state index in [1.165, 1.54) is 0 Å². The predicted octanol–water partition coefficient (Wildman–Crippen LogP) is -1.04. The van der Waals surface area contributed by atoms with Crippen molar-refractivity contribution in [1.82, 2.24) is 5.43 Å². The van der Waals surface area contributed by atoms with Crippen molar-refractivity contribution < 1.29 is 24.6 Å². The van der Waals surface area contributed by atoms with E-state index in [2.05, 4.69) is 10.8 Å². The molecule has 8 nitrogen and oxygen atoms in total. The minimum absolute atomic E-state index is 0.287. The zero-order valence-corrected chi connectivity index (χ0v) is 7.06. The molecule has 8 heteroatoms. The molecule has 0 aromatic carbocycles. The van der Waals surface area contributed by atoms with Crippen LogP contribution >= 0.6 is 0 Å². The molecule has 0 saturated heterocycles. The van der Waals surface area contributed by atoms with Crippen LogP contribution in [0, 0.1) is 0 Å². The van der Waals surface area contributed by atoms with Crippen molar-refractivity contribution in [2.75, 3.05) is 0 Å². The summed E-state index contributed by atoms with van der Waals surface area (Å²) >= 11 is 0. The van der Waals surface area contributed by atoms with Gasteiger partial charge in [0.25, 0.3) is 0 Å². The minimum Gasteiger partial charge on any atom is -0.481 e. The van der Waals surface area contributed by atoms with Crippen molar-refractivity contribution >= 4 is 23.7 Å². The maximum atomic E-state index is 10.4. The average molecular weight is 203 g/mol. The van der Waals surface area contributed by atoms with Crippen molar-refractivity contribution in [3.63, 3.8) is 0 Å². The molecule has 0 aliphatic rings. The summed E-state index contributed by atoms with van der Waals surface area (Å²) in [7, 11) is 0. The molecule has 0 atom stereocenters. The van der Waals surface area contributed by atoms with Crippen molar-refractivity contribution in [2.45, 2.75) is 12.8 Å². The second-order valence-electron chi connectivity index (χ2n) is 2.23. The van der Waals surface area contributed by atoms with E-state index < -0.39 is 23.7 Å². The van der Waals surface area contributed by atoms with Gasteiger partial charge < -0.3 is 15.9 Å². The van der Waals surface area contributed by atoms with Gasteiger partial charge in [-0.1, -0.05) is 0 Å². The van der Waals surface area contributed by atoms with E-state index in [1.807, 2.05) is 0 Å². The molecule has 0 aliphatic heterocycles. The highest BCUT2D eigenvalue weighted by atomic mass is 16.4. The third-order valence-electron chi connectivity index (χ3n) is 1.12. The molecule has 0 aromatic rings. The number of urea groups is 1. The number of nitrogens with one attached hydrogen (secondary N) is 1. The van der Waals surface area contributed by atoms with Crippen LogP contribution in [0.2, 0.25) is 0 Å². The van der Waals surface area contributed by atoms with Crippen molar-refractivity contribution in [2.24, 2.45) is 10.8 Å². The number of hydrogen-bond donors (Lipinski definition) is 4. The topological polar surface area (TPSA) is 142 Å². The van der Waals surface area contributed by atoms with E-state index in [4.69, 9.17) is 10.2 Å². The SMILES string of the molecule is NC(=O)N/N=C(/CCC(=O)O)C(=O)O. The zero-order chi connectivity index (χ0) is 11.1. The van der Waals surface area contributed by atoms with Gasteiger partial charge in [-0.2, -0.15) is 5.10 Å². The summed E-state index contributed by atoms with van der Waals surface area (Å²) in [5.41, 5.74) is 5.87. The Hall–Kier alpha value is -2.12. The molecule has 0 heterocycles. The lowest BCUT2D eigenvalue weighted by atomic mass is 10.2. The first-order valence-corrected chi connectivity index (χ1v) is 3.50. The Kier molecular flexibility index (Phi) is 4.68. The van der Waals surface area contributed by atoms with Gasteiger partial charge in [0.2, 0.25) is 0 Å². The molecule has 0 rings (SSSR count). The monoisotopic (exact) mass is 203 g/mol. The third-order valence-corrected chi connectivity index (χ3v) is 1.12. The number of hydrogen-bond acceptors (Lipinski definition) is 4. The van der Waals surface area contributed by atoms with Gasteiger partial charge >= 0.3 is 18.0 Å². The number of hydrazone groups is 1. The zero-order valence-electron chi connectivity index (χ0n) is 7.06. The number of carboxylic acids is 2. The quantitative estimate of drug-likeness (QED) is 0.333. The summed E-state index contributed by atoms with van der Waals surface area (Å²) in [6, 6.07) is -1.01. The molecule has 0 saturated carbocycles. The molecule has 0 aromatic heterocycles. The lowest BCUT2D eigenvalue weighted by Crippen LogP contribution is -2.28. The van der Waals surface area contributed by atoms with E-state index in [0.717, 1.165) is 0 Å². The van der Waals surface area contributed by atoms with Gasteiger partial charge in [0.1, 0.15) is 5.71 Å². The Balaban J connectivity index is 4.29. The Labute approximate surface area is 78.4 Å². The van der Waals surface area contributed by atoms with E-state index in [1.54, 1.807) is 5.43 Å². The Morgan fingerprint density at radius 3 is 2.14 bits per heavy atom. The standard InChI is InChI=1S/C6H9N3O5/c7-6(14)9-8-3(5(12)13)1-2-4(10)11/h1-2H2,(H,10,11)(H,12,13)(H3,7,9,14)/b8-3-. The van der Waals surface area contributed by atoms with Crippen LogP contribution in [0.5, 0.6) is 0 Å². The van der Waals surface area contributed by atoms with Crippen LogP contribution in [-0.4, -0.2) is 33.9 Å². The normalized spacial score (nSPS) is 10.7. The smallest absolute Gasteiger partial charge is 0.352 e. The fourth-order valence-corrected chi connectivity index (χ4v) is 0.559. The number of carbonyl (C=O) groups is 3. The van der Waals surface area contributed by atoms with Gasteiger partial charge in [-0.3, -0.25) is 4.79 Å². The highest BCUT2D eigenvalue weighted by molar-refractivity contribution is 6.35. The highest BCUT2D eigenvalue weighted by Gasteiger charge is 2.11. The Morgan fingerprint density at radius 2 is 1.79 bits per heavy atom. The number of primary amides is 1. The summed E-state index contributed by atoms with van der Waals surface area (Å²) in [5.74, 6) is -2.56. The van der Waals surface area contributed by atoms with Gasteiger partial charge in [0.15, 0.2) is 0 Å². The van der Waals surface area contributed by atoms with Crippen LogP contribution in [-0.2, 0) is 9.59 Å². The molecule has 0 aliphatic carbocycles. The number of nitrogens with zero attached hydrogens (tertiary/aromatic N) is 1. The fourth-order valence-electron chi connectivity index (χ4n) is 0.559. The van der Waals surface area contributed by atoms with Gasteiger partial charge in [0.05, 0.1) is 6.42 Å². The minimum atomic E-state index is -1.40. The van der Waals surface area contributed by atoms with Crippen LogP contribution in [0.4, 0.5) is 4.79 Å².